The lowest BCUT2D eigenvalue weighted by Gasteiger charge is -2.10. The molecular formula is C20H19F2N5O2. The van der Waals surface area contributed by atoms with Crippen LogP contribution in [0.3, 0.4) is 0 Å². The van der Waals surface area contributed by atoms with Crippen LogP contribution in [0.15, 0.2) is 35.1 Å². The minimum Gasteiger partial charge on any atom is -0.306 e. The van der Waals surface area contributed by atoms with Crippen LogP contribution in [-0.4, -0.2) is 25.7 Å². The molecule has 2 aromatic heterocycles. The molecule has 3 aromatic rings. The lowest BCUT2D eigenvalue weighted by Crippen LogP contribution is -2.19. The summed E-state index contributed by atoms with van der Waals surface area (Å²) in [4.78, 5) is 31.7. The highest BCUT2D eigenvalue weighted by molar-refractivity contribution is 6.03. The third-order valence-electron chi connectivity index (χ3n) is 4.69. The van der Waals surface area contributed by atoms with Gasteiger partial charge in [0, 0.05) is 23.6 Å². The Morgan fingerprint density at radius 2 is 1.97 bits per heavy atom. The molecule has 4 rings (SSSR count). The van der Waals surface area contributed by atoms with E-state index in [-0.39, 0.29) is 34.7 Å². The van der Waals surface area contributed by atoms with E-state index in [9.17, 15) is 18.4 Å². The number of carbonyl (C=O) groups excluding carboxylic acids is 1. The Bertz CT molecular complexity index is 1150. The molecule has 0 aliphatic heterocycles. The molecule has 1 fully saturated rings. The summed E-state index contributed by atoms with van der Waals surface area (Å²) in [6, 6.07) is 6.03. The highest BCUT2D eigenvalue weighted by Crippen LogP contribution is 2.40. The number of halogens is 2. The number of hydrogen-bond donors (Lipinski definition) is 2. The van der Waals surface area contributed by atoms with Gasteiger partial charge in [0.2, 0.25) is 5.95 Å². The van der Waals surface area contributed by atoms with Gasteiger partial charge in [-0.1, -0.05) is 13.8 Å². The van der Waals surface area contributed by atoms with Crippen LogP contribution < -0.4 is 10.9 Å². The molecule has 2 N–H and O–H groups in total. The summed E-state index contributed by atoms with van der Waals surface area (Å²) in [5.41, 5.74) is 0.982. The first-order chi connectivity index (χ1) is 13.8. The maximum atomic E-state index is 13.5. The predicted molar refractivity (Wildman–Crippen MR) is 102 cm³/mol. The molecule has 0 unspecified atom stereocenters. The third-order valence-corrected chi connectivity index (χ3v) is 4.69. The zero-order valence-corrected chi connectivity index (χ0v) is 15.9. The van der Waals surface area contributed by atoms with Crippen molar-refractivity contribution in [2.45, 2.75) is 38.5 Å². The first kappa shape index (κ1) is 19.0. The Labute approximate surface area is 164 Å². The summed E-state index contributed by atoms with van der Waals surface area (Å²) in [6.07, 6.45) is 1.98. The van der Waals surface area contributed by atoms with Crippen LogP contribution in [0.2, 0.25) is 0 Å². The predicted octanol–water partition coefficient (Wildman–Crippen LogP) is 3.49. The van der Waals surface area contributed by atoms with Crippen LogP contribution in [0.5, 0.6) is 0 Å². The van der Waals surface area contributed by atoms with E-state index in [0.717, 1.165) is 30.7 Å². The van der Waals surface area contributed by atoms with Crippen LogP contribution in [0.4, 0.5) is 14.6 Å². The molecule has 1 aliphatic rings. The van der Waals surface area contributed by atoms with Gasteiger partial charge in [0.1, 0.15) is 5.82 Å². The Hall–Kier alpha value is -3.36. The van der Waals surface area contributed by atoms with Gasteiger partial charge in [-0.3, -0.25) is 14.6 Å². The Morgan fingerprint density at radius 3 is 2.62 bits per heavy atom. The Balaban J connectivity index is 1.73. The van der Waals surface area contributed by atoms with Crippen LogP contribution in [0.1, 0.15) is 60.3 Å². The number of benzene rings is 1. The SMILES string of the molecule is CC(C)c1cc(=O)[nH]c(-n2nc(C3CC3)cc2NC(=O)c2ccc(F)c(F)c2)n1. The quantitative estimate of drug-likeness (QED) is 0.687. The average Bonchev–Trinajstić information content (AvgIpc) is 3.44. The monoisotopic (exact) mass is 399 g/mol. The van der Waals surface area contributed by atoms with Crippen molar-refractivity contribution in [1.29, 1.82) is 0 Å². The fourth-order valence-corrected chi connectivity index (χ4v) is 2.91. The van der Waals surface area contributed by atoms with Crippen molar-refractivity contribution in [2.24, 2.45) is 0 Å². The maximum absolute atomic E-state index is 13.5. The maximum Gasteiger partial charge on any atom is 0.256 e. The van der Waals surface area contributed by atoms with E-state index < -0.39 is 17.5 Å². The number of nitrogens with zero attached hydrogens (tertiary/aromatic N) is 3. The second kappa shape index (κ2) is 7.23. The highest BCUT2D eigenvalue weighted by Gasteiger charge is 2.28. The first-order valence-electron chi connectivity index (χ1n) is 9.30. The van der Waals surface area contributed by atoms with E-state index in [4.69, 9.17) is 0 Å². The summed E-state index contributed by atoms with van der Waals surface area (Å²) in [7, 11) is 0. The van der Waals surface area contributed by atoms with Crippen molar-refractivity contribution < 1.29 is 13.6 Å². The molecule has 0 saturated heterocycles. The molecule has 150 valence electrons. The fourth-order valence-electron chi connectivity index (χ4n) is 2.91. The number of aromatic nitrogens is 4. The van der Waals surface area contributed by atoms with Crippen molar-refractivity contribution in [1.82, 2.24) is 19.7 Å². The lowest BCUT2D eigenvalue weighted by molar-refractivity contribution is 0.102. The summed E-state index contributed by atoms with van der Waals surface area (Å²) >= 11 is 0. The molecule has 0 atom stereocenters. The number of aromatic amines is 1. The van der Waals surface area contributed by atoms with E-state index in [2.05, 4.69) is 20.4 Å². The molecule has 0 spiro atoms. The van der Waals surface area contributed by atoms with Crippen molar-refractivity contribution in [3.63, 3.8) is 0 Å². The number of anilines is 1. The standard InChI is InChI=1S/C20H19F2N5O2/c1-10(2)15-9-18(28)25-20(23-15)27-17(8-16(26-27)11-3-4-11)24-19(29)12-5-6-13(21)14(22)7-12/h5-11H,3-4H2,1-2H3,(H,24,29)(H,23,25,28). The average molecular weight is 399 g/mol. The van der Waals surface area contributed by atoms with Crippen LogP contribution in [-0.2, 0) is 0 Å². The van der Waals surface area contributed by atoms with Crippen LogP contribution in [0, 0.1) is 11.6 Å². The van der Waals surface area contributed by atoms with Gasteiger partial charge in [0.15, 0.2) is 11.6 Å². The molecule has 1 amide bonds. The van der Waals surface area contributed by atoms with E-state index >= 15 is 0 Å². The molecule has 0 bridgehead atoms. The summed E-state index contributed by atoms with van der Waals surface area (Å²) in [5, 5.41) is 7.15. The Morgan fingerprint density at radius 1 is 1.21 bits per heavy atom. The minimum absolute atomic E-state index is 0.0229. The van der Waals surface area contributed by atoms with Gasteiger partial charge in [0.25, 0.3) is 11.5 Å². The zero-order chi connectivity index (χ0) is 20.7. The van der Waals surface area contributed by atoms with Gasteiger partial charge in [-0.15, -0.1) is 0 Å². The summed E-state index contributed by atoms with van der Waals surface area (Å²) < 4.78 is 28.0. The van der Waals surface area contributed by atoms with Crippen molar-refractivity contribution >= 4 is 11.7 Å². The minimum atomic E-state index is -1.11. The number of amides is 1. The van der Waals surface area contributed by atoms with E-state index in [1.54, 1.807) is 6.07 Å². The van der Waals surface area contributed by atoms with E-state index in [0.29, 0.717) is 5.69 Å². The number of carbonyl (C=O) groups is 1. The zero-order valence-electron chi connectivity index (χ0n) is 15.9. The third kappa shape index (κ3) is 3.94. The largest absolute Gasteiger partial charge is 0.306 e. The Kier molecular flexibility index (Phi) is 4.73. The lowest BCUT2D eigenvalue weighted by atomic mass is 10.1. The topological polar surface area (TPSA) is 92.7 Å². The number of nitrogens with one attached hydrogen (secondary N) is 2. The van der Waals surface area contributed by atoms with Crippen LogP contribution >= 0.6 is 0 Å². The molecule has 1 saturated carbocycles. The number of hydrogen-bond acceptors (Lipinski definition) is 4. The second-order valence-electron chi connectivity index (χ2n) is 7.37. The van der Waals surface area contributed by atoms with Crippen molar-refractivity contribution in [3.8, 4) is 5.95 Å². The van der Waals surface area contributed by atoms with E-state index in [1.165, 1.54) is 16.8 Å². The molecule has 1 aromatic carbocycles. The van der Waals surface area contributed by atoms with Gasteiger partial charge in [-0.05, 0) is 37.0 Å². The van der Waals surface area contributed by atoms with Gasteiger partial charge in [-0.25, -0.2) is 13.8 Å². The van der Waals surface area contributed by atoms with Gasteiger partial charge < -0.3 is 5.32 Å². The molecular weight excluding hydrogens is 380 g/mol. The molecule has 9 heteroatoms. The molecule has 1 aliphatic carbocycles. The molecule has 0 radical (unpaired) electrons. The normalized spacial score (nSPS) is 13.7. The summed E-state index contributed by atoms with van der Waals surface area (Å²) in [5.74, 6) is -2.01. The van der Waals surface area contributed by atoms with Gasteiger partial charge in [0.05, 0.1) is 11.4 Å². The van der Waals surface area contributed by atoms with Gasteiger partial charge in [-0.2, -0.15) is 9.78 Å². The fraction of sp³-hybridized carbons (Fsp3) is 0.300. The van der Waals surface area contributed by atoms with Crippen molar-refractivity contribution in [3.05, 3.63) is 69.3 Å². The molecule has 7 nitrogen and oxygen atoms in total. The summed E-state index contributed by atoms with van der Waals surface area (Å²) in [6.45, 7) is 3.83. The van der Waals surface area contributed by atoms with Gasteiger partial charge >= 0.3 is 0 Å². The number of rotatable bonds is 5. The van der Waals surface area contributed by atoms with Crippen LogP contribution in [0.25, 0.3) is 5.95 Å². The molecule has 29 heavy (non-hydrogen) atoms. The smallest absolute Gasteiger partial charge is 0.256 e. The van der Waals surface area contributed by atoms with E-state index in [1.807, 2.05) is 13.8 Å². The van der Waals surface area contributed by atoms with Crippen molar-refractivity contribution in [2.75, 3.05) is 5.32 Å². The first-order valence-corrected chi connectivity index (χ1v) is 9.30. The second-order valence-corrected chi connectivity index (χ2v) is 7.37. The molecule has 2 heterocycles. The highest BCUT2D eigenvalue weighted by atomic mass is 19.2. The number of H-pyrrole nitrogens is 1.